The normalized spacial score (nSPS) is 12.7. The molecule has 11 heteroatoms. The molecule has 0 saturated heterocycles. The van der Waals surface area contributed by atoms with E-state index in [2.05, 4.69) is 53.0 Å². The highest BCUT2D eigenvalue weighted by molar-refractivity contribution is 7.80. The summed E-state index contributed by atoms with van der Waals surface area (Å²) in [4.78, 5) is 27.2. The maximum absolute atomic E-state index is 12.8. The van der Waals surface area contributed by atoms with Gasteiger partial charge in [0.15, 0.2) is 5.79 Å². The summed E-state index contributed by atoms with van der Waals surface area (Å²) in [5.41, 5.74) is 0. The number of hydrogen-bond acceptors (Lipinski definition) is 7. The Morgan fingerprint density at radius 1 is 0.623 bits per heavy atom. The molecule has 0 aromatic carbocycles. The van der Waals surface area contributed by atoms with Gasteiger partial charge in [0.1, 0.15) is 6.23 Å². The predicted molar refractivity (Wildman–Crippen MR) is 222 cm³/mol. The molecule has 0 radical (unpaired) electrons. The van der Waals surface area contributed by atoms with E-state index in [1.807, 2.05) is 0 Å². The molecule has 0 bridgehead atoms. The smallest absolute Gasteiger partial charge is 0.379 e. The Balaban J connectivity index is 0. The van der Waals surface area contributed by atoms with Gasteiger partial charge in [-0.1, -0.05) is 141 Å². The standard InChI is InChI=1S/C41H79N3O3.CH4O4S/c1-6-8-10-12-14-16-18-20-22-24-26-28-30-32-34-36-39(46)42-41(4,44(5)38(3)45)43-40(47)37-35-33-31-29-27-25-23-21-19-17-15-13-11-9-7-2;1-5-6(2,3)4/h20-23,38,45H,6-19,24-37H2,1-5H3,(H,42,46)(H,43,47);1H3,(H,2,3,4)/b22-20-,23-21-;. The quantitative estimate of drug-likeness (QED) is 0.0216. The molecule has 0 spiro atoms. The summed E-state index contributed by atoms with van der Waals surface area (Å²) < 4.78 is 29.7. The van der Waals surface area contributed by atoms with Crippen molar-refractivity contribution >= 4 is 22.2 Å². The van der Waals surface area contributed by atoms with Gasteiger partial charge in [-0.25, -0.2) is 4.90 Å². The van der Waals surface area contributed by atoms with Crippen molar-refractivity contribution in [2.24, 2.45) is 0 Å². The molecule has 0 saturated carbocycles. The Hall–Kier alpha value is -1.79. The molecule has 0 aliphatic rings. The average Bonchev–Trinajstić information content (AvgIpc) is 3.11. The molecule has 0 rings (SSSR count). The molecule has 0 aliphatic heterocycles. The first-order chi connectivity index (χ1) is 25.3. The highest BCUT2D eigenvalue weighted by Crippen LogP contribution is 2.15. The van der Waals surface area contributed by atoms with Crippen LogP contribution >= 0.6 is 0 Å². The number of nitrogens with zero attached hydrogens (tertiary/aromatic N) is 1. The van der Waals surface area contributed by atoms with E-state index in [0.717, 1.165) is 58.5 Å². The van der Waals surface area contributed by atoms with Crippen molar-refractivity contribution < 1.29 is 31.8 Å². The number of carbonyl (C=O) groups excluding carboxylic acids is 2. The molecule has 53 heavy (non-hydrogen) atoms. The molecule has 314 valence electrons. The van der Waals surface area contributed by atoms with Crippen LogP contribution in [0.5, 0.6) is 0 Å². The van der Waals surface area contributed by atoms with Crippen molar-refractivity contribution in [1.29, 1.82) is 0 Å². The van der Waals surface area contributed by atoms with Gasteiger partial charge in [-0.15, -0.1) is 0 Å². The van der Waals surface area contributed by atoms with Crippen molar-refractivity contribution in [3.8, 4) is 0 Å². The lowest BCUT2D eigenvalue weighted by Crippen LogP contribution is -2.69. The monoisotopic (exact) mass is 774 g/mol. The van der Waals surface area contributed by atoms with Gasteiger partial charge in [0.05, 0.1) is 7.11 Å². The van der Waals surface area contributed by atoms with Crippen LogP contribution in [0.1, 0.15) is 207 Å². The molecule has 0 aromatic heterocycles. The van der Waals surface area contributed by atoms with Gasteiger partial charge in [-0.05, 0) is 85.1 Å². The van der Waals surface area contributed by atoms with E-state index in [1.54, 1.807) is 25.8 Å². The number of nitrogens with one attached hydrogen (secondary N) is 2. The van der Waals surface area contributed by atoms with Crippen LogP contribution in [0.4, 0.5) is 0 Å². The topological polar surface area (TPSA) is 145 Å². The molecule has 1 atom stereocenters. The molecule has 0 aliphatic carbocycles. The number of amides is 2. The zero-order chi connectivity index (χ0) is 40.1. The van der Waals surface area contributed by atoms with Gasteiger partial charge in [0, 0.05) is 12.8 Å². The van der Waals surface area contributed by atoms with Crippen LogP contribution in [0.25, 0.3) is 0 Å². The van der Waals surface area contributed by atoms with Crippen LogP contribution in [0.3, 0.4) is 0 Å². The van der Waals surface area contributed by atoms with Crippen molar-refractivity contribution in [2.45, 2.75) is 219 Å². The summed E-state index contributed by atoms with van der Waals surface area (Å²) in [5.74, 6) is -1.33. The second-order valence-corrected chi connectivity index (χ2v) is 15.9. The minimum absolute atomic E-state index is 0.0982. The highest BCUT2D eigenvalue weighted by atomic mass is 32.3. The maximum atomic E-state index is 12.8. The first-order valence-corrected chi connectivity index (χ1v) is 22.5. The Labute approximate surface area is 326 Å². The molecule has 1 unspecified atom stereocenters. The third-order valence-electron chi connectivity index (χ3n) is 9.57. The van der Waals surface area contributed by atoms with E-state index < -0.39 is 22.4 Å². The van der Waals surface area contributed by atoms with Crippen LogP contribution in [0.2, 0.25) is 0 Å². The van der Waals surface area contributed by atoms with Crippen LogP contribution in [-0.4, -0.2) is 61.0 Å². The molecule has 0 fully saturated rings. The number of unbranched alkanes of at least 4 members (excludes halogenated alkanes) is 22. The first kappa shape index (κ1) is 53.3. The number of rotatable bonds is 35. The molecule has 0 heterocycles. The molecular formula is C42H83N3O7S. The van der Waals surface area contributed by atoms with Crippen LogP contribution in [0, 0.1) is 0 Å². The molecule has 2 amide bonds. The third kappa shape index (κ3) is 38.3. The number of carbonyl (C=O) groups is 2. The Bertz CT molecular complexity index is 964. The van der Waals surface area contributed by atoms with Crippen molar-refractivity contribution in [3.63, 3.8) is 0 Å². The average molecular weight is 774 g/mol. The lowest BCUT2D eigenvalue weighted by molar-refractivity contribution is -0.137. The van der Waals surface area contributed by atoms with E-state index in [0.29, 0.717) is 12.8 Å². The fourth-order valence-corrected chi connectivity index (χ4v) is 5.96. The highest BCUT2D eigenvalue weighted by Gasteiger charge is 2.34. The Morgan fingerprint density at radius 2 is 0.887 bits per heavy atom. The summed E-state index contributed by atoms with van der Waals surface area (Å²) in [6.45, 7) is 7.93. The summed E-state index contributed by atoms with van der Waals surface area (Å²) in [6, 6.07) is 0. The van der Waals surface area contributed by atoms with Gasteiger partial charge in [-0.3, -0.25) is 18.3 Å². The molecular weight excluding hydrogens is 691 g/mol. The van der Waals surface area contributed by atoms with Crippen LogP contribution in [-0.2, 0) is 24.2 Å². The number of aliphatic hydroxyl groups is 1. The summed E-state index contributed by atoms with van der Waals surface area (Å²) in [7, 11) is -1.57. The van der Waals surface area contributed by atoms with Gasteiger partial charge >= 0.3 is 10.4 Å². The number of hydrogen-bond donors (Lipinski definition) is 4. The van der Waals surface area contributed by atoms with Crippen LogP contribution in [0.15, 0.2) is 24.3 Å². The lowest BCUT2D eigenvalue weighted by atomic mass is 10.1. The van der Waals surface area contributed by atoms with Gasteiger partial charge < -0.3 is 15.7 Å². The predicted octanol–water partition coefficient (Wildman–Crippen LogP) is 10.7. The Morgan fingerprint density at radius 3 is 1.15 bits per heavy atom. The minimum Gasteiger partial charge on any atom is -0.379 e. The number of aliphatic hydroxyl groups excluding tert-OH is 1. The second-order valence-electron chi connectivity index (χ2n) is 14.7. The van der Waals surface area contributed by atoms with E-state index >= 15 is 0 Å². The molecule has 10 nitrogen and oxygen atoms in total. The van der Waals surface area contributed by atoms with Gasteiger partial charge in [0.2, 0.25) is 11.8 Å². The maximum Gasteiger partial charge on any atom is 0.397 e. The largest absolute Gasteiger partial charge is 0.397 e. The molecule has 4 N–H and O–H groups in total. The Kier molecular flexibility index (Phi) is 37.4. The summed E-state index contributed by atoms with van der Waals surface area (Å²) >= 11 is 0. The summed E-state index contributed by atoms with van der Waals surface area (Å²) in [5, 5.41) is 16.2. The van der Waals surface area contributed by atoms with Gasteiger partial charge in [-0.2, -0.15) is 8.42 Å². The summed E-state index contributed by atoms with van der Waals surface area (Å²) in [6.07, 6.45) is 41.1. The van der Waals surface area contributed by atoms with Gasteiger partial charge in [0.25, 0.3) is 0 Å². The zero-order valence-electron chi connectivity index (χ0n) is 35.0. The lowest BCUT2D eigenvalue weighted by Gasteiger charge is -2.41. The minimum atomic E-state index is -4.16. The van der Waals surface area contributed by atoms with E-state index in [-0.39, 0.29) is 11.8 Å². The number of allylic oxidation sites excluding steroid dienone is 4. The van der Waals surface area contributed by atoms with E-state index in [9.17, 15) is 23.1 Å². The zero-order valence-corrected chi connectivity index (χ0v) is 35.8. The fourth-order valence-electron chi connectivity index (χ4n) is 5.96. The second kappa shape index (κ2) is 37.1. The van der Waals surface area contributed by atoms with Crippen LogP contribution < -0.4 is 10.6 Å². The third-order valence-corrected chi connectivity index (χ3v) is 9.99. The van der Waals surface area contributed by atoms with Crippen molar-refractivity contribution in [2.75, 3.05) is 14.2 Å². The van der Waals surface area contributed by atoms with E-state index in [4.69, 9.17) is 4.55 Å². The fraction of sp³-hybridized carbons (Fsp3) is 0.857. The van der Waals surface area contributed by atoms with E-state index in [1.165, 1.54) is 116 Å². The molecule has 0 aromatic rings. The first-order valence-electron chi connectivity index (χ1n) is 21.2. The van der Waals surface area contributed by atoms with Crippen molar-refractivity contribution in [3.05, 3.63) is 24.3 Å². The SMILES string of the molecule is CCCCCCCC/C=C\CCCCCCCC(=O)NC(C)(NC(=O)CCCCCCC/C=C\CCCCCCCC)N(C)C(C)O.COS(=O)(=O)O. The van der Waals surface area contributed by atoms with Crippen molar-refractivity contribution in [1.82, 2.24) is 15.5 Å².